The maximum Gasteiger partial charge on any atom is 0.329 e. The number of methoxy groups -OCH3 is 3. The number of carbonyl (C=O) groups is 6. The second kappa shape index (κ2) is 28.3. The summed E-state index contributed by atoms with van der Waals surface area (Å²) in [6, 6.07) is -1.20. The van der Waals surface area contributed by atoms with Gasteiger partial charge in [-0.3, -0.25) is 24.0 Å². The Balaban J connectivity index is 1.69. The lowest BCUT2D eigenvalue weighted by atomic mass is 9.78. The number of aliphatic hydroxyl groups excluding tert-OH is 3. The van der Waals surface area contributed by atoms with E-state index in [1.165, 1.54) is 21.1 Å². The molecule has 3 aliphatic heterocycles. The predicted octanol–water partition coefficient (Wildman–Crippen LogP) is 5.72. The normalized spacial score (nSPS) is 35.1. The van der Waals surface area contributed by atoms with E-state index in [4.69, 9.17) is 28.4 Å². The SMILES string of the molecule is CO[C@H]1C[C@@H]2CC[C@@H](C)[C@@](O)(O2)C(=O)C(=O)N2CCCC[C@H]2C(=O)O[C@H]([C@H](C)C[C@@H]2CC[C@H](OC(=O)C(C)(CO)CO)[C@H](OC)C2)CC(=O)[C@H](C)C=C(C)[C@@H](O)[C@@H](OC)C(=O)[C@H](C)C[C@H](C)C=CC=CC=C1C. The number of ketones is 3. The van der Waals surface area contributed by atoms with Gasteiger partial charge in [0.05, 0.1) is 31.5 Å². The summed E-state index contributed by atoms with van der Waals surface area (Å²) in [6.45, 7) is 12.7. The summed E-state index contributed by atoms with van der Waals surface area (Å²) in [5, 5.41) is 43.1. The Bertz CT molecular complexity index is 2010. The minimum absolute atomic E-state index is 0.00697. The third-order valence-corrected chi connectivity index (χ3v) is 15.9. The summed E-state index contributed by atoms with van der Waals surface area (Å²) in [4.78, 5) is 85.4. The minimum Gasteiger partial charge on any atom is -0.460 e. The third-order valence-electron chi connectivity index (χ3n) is 15.9. The third kappa shape index (κ3) is 16.0. The zero-order chi connectivity index (χ0) is 54.4. The van der Waals surface area contributed by atoms with E-state index in [0.29, 0.717) is 69.8 Å². The number of Topliss-reactive ketones (excluding diaryl/α,β-unsaturated/α-hetero) is 3. The first-order valence-corrected chi connectivity index (χ1v) is 26.4. The quantitative estimate of drug-likeness (QED) is 0.116. The molecule has 1 amide bonds. The molecule has 3 fully saturated rings. The van der Waals surface area contributed by atoms with Crippen LogP contribution in [0.3, 0.4) is 0 Å². The number of rotatable bonds is 10. The smallest absolute Gasteiger partial charge is 0.329 e. The van der Waals surface area contributed by atoms with Crippen molar-refractivity contribution in [1.82, 2.24) is 4.90 Å². The van der Waals surface area contributed by atoms with Crippen LogP contribution in [0, 0.1) is 40.9 Å². The lowest BCUT2D eigenvalue weighted by Gasteiger charge is -2.42. The van der Waals surface area contributed by atoms with Gasteiger partial charge in [0.2, 0.25) is 5.79 Å². The van der Waals surface area contributed by atoms with Gasteiger partial charge in [-0.15, -0.1) is 0 Å². The molecule has 0 unspecified atom stereocenters. The molecular weight excluding hydrogens is 943 g/mol. The van der Waals surface area contributed by atoms with Crippen LogP contribution >= 0.6 is 0 Å². The van der Waals surface area contributed by atoms with E-state index in [-0.39, 0.29) is 42.8 Å². The molecule has 15 atom stereocenters. The molecule has 0 aromatic rings. The Hall–Kier alpha value is -3.94. The van der Waals surface area contributed by atoms with Crippen LogP contribution in [0.25, 0.3) is 0 Å². The first kappa shape index (κ1) is 61.6. The van der Waals surface area contributed by atoms with Crippen molar-refractivity contribution in [2.75, 3.05) is 41.1 Å². The molecule has 0 aromatic carbocycles. The fraction of sp³-hybridized carbons (Fsp3) is 0.750. The summed E-state index contributed by atoms with van der Waals surface area (Å²) in [7, 11) is 4.43. The first-order chi connectivity index (χ1) is 34.5. The zero-order valence-electron chi connectivity index (χ0n) is 45.3. The zero-order valence-corrected chi connectivity index (χ0v) is 45.3. The summed E-state index contributed by atoms with van der Waals surface area (Å²) in [5.74, 6) is -9.36. The number of hydrogen-bond acceptors (Lipinski definition) is 16. The minimum atomic E-state index is -2.47. The number of amides is 1. The predicted molar refractivity (Wildman–Crippen MR) is 271 cm³/mol. The van der Waals surface area contributed by atoms with Gasteiger partial charge >= 0.3 is 11.9 Å². The van der Waals surface area contributed by atoms with Gasteiger partial charge in [-0.25, -0.2) is 4.79 Å². The Morgan fingerprint density at radius 2 is 1.56 bits per heavy atom. The number of cyclic esters (lactones) is 1. The number of fused-ring (bicyclic) bond motifs is 3. The molecule has 412 valence electrons. The number of ether oxygens (including phenoxy) is 6. The van der Waals surface area contributed by atoms with E-state index in [1.54, 1.807) is 40.9 Å². The van der Waals surface area contributed by atoms with Gasteiger partial charge in [-0.05, 0) is 114 Å². The van der Waals surface area contributed by atoms with Gasteiger partial charge in [-0.1, -0.05) is 71.1 Å². The van der Waals surface area contributed by atoms with E-state index in [1.807, 2.05) is 51.2 Å². The van der Waals surface area contributed by atoms with Gasteiger partial charge < -0.3 is 53.7 Å². The summed E-state index contributed by atoms with van der Waals surface area (Å²) in [6.07, 6.45) is 9.76. The molecule has 17 nitrogen and oxygen atoms in total. The molecule has 4 N–H and O–H groups in total. The molecule has 17 heteroatoms. The highest BCUT2D eigenvalue weighted by molar-refractivity contribution is 6.39. The highest BCUT2D eigenvalue weighted by Crippen LogP contribution is 2.38. The first-order valence-electron chi connectivity index (χ1n) is 26.4. The standard InChI is InChI=1S/C56H87NO16/c1-33-17-13-12-14-18-34(2)45(68-9)29-41-22-20-39(7)56(67,73-41)51(63)52(64)57-24-16-15-19-42(57)53(65)71-46(30-43(60)35(3)26-38(6)49(62)50(70-11)48(61)37(5)25-33)36(4)27-40-21-23-44(47(28-40)69-10)72-54(66)55(8,31-58)32-59/h12-14,17-18,26,33,35-37,39-42,44-47,49-50,58-59,62,67H,15-16,19-25,27-32H2,1-11H3/t33-,35-,36-,37-,39-,40+,41+,42+,44+,45+,46+,47-,49-,50+,56-/m1/s1. The largest absolute Gasteiger partial charge is 0.460 e. The molecule has 4 aliphatic rings. The molecule has 3 heterocycles. The fourth-order valence-electron chi connectivity index (χ4n) is 10.7. The van der Waals surface area contributed by atoms with Crippen LogP contribution in [0.5, 0.6) is 0 Å². The molecule has 73 heavy (non-hydrogen) atoms. The molecule has 0 aromatic heterocycles. The summed E-state index contributed by atoms with van der Waals surface area (Å²) < 4.78 is 35.4. The highest BCUT2D eigenvalue weighted by Gasteiger charge is 2.53. The van der Waals surface area contributed by atoms with Crippen molar-refractivity contribution in [2.45, 2.75) is 187 Å². The number of carbonyl (C=O) groups excluding carboxylic acids is 6. The van der Waals surface area contributed by atoms with E-state index < -0.39 is 120 Å². The van der Waals surface area contributed by atoms with Crippen molar-refractivity contribution in [3.8, 4) is 0 Å². The lowest BCUT2D eigenvalue weighted by molar-refractivity contribution is -0.265. The number of esters is 2. The lowest BCUT2D eigenvalue weighted by Crippen LogP contribution is -2.61. The Kier molecular flexibility index (Phi) is 23.9. The molecular formula is C56H87NO16. The maximum atomic E-state index is 14.5. The summed E-state index contributed by atoms with van der Waals surface area (Å²) >= 11 is 0. The van der Waals surface area contributed by atoms with E-state index in [0.717, 1.165) is 10.5 Å². The van der Waals surface area contributed by atoms with Crippen LogP contribution in [0.15, 0.2) is 47.6 Å². The van der Waals surface area contributed by atoms with Crippen LogP contribution in [-0.2, 0) is 57.2 Å². The fourth-order valence-corrected chi connectivity index (χ4v) is 10.7. The molecule has 1 aliphatic carbocycles. The monoisotopic (exact) mass is 1030 g/mol. The van der Waals surface area contributed by atoms with Gasteiger partial charge in [0.25, 0.3) is 11.7 Å². The second-order valence-electron chi connectivity index (χ2n) is 21.8. The van der Waals surface area contributed by atoms with Gasteiger partial charge in [0, 0.05) is 58.5 Å². The average Bonchev–Trinajstić information content (AvgIpc) is 3.37. The molecule has 0 radical (unpaired) electrons. The Labute approximate surface area is 433 Å². The van der Waals surface area contributed by atoms with Gasteiger partial charge in [0.15, 0.2) is 5.78 Å². The summed E-state index contributed by atoms with van der Waals surface area (Å²) in [5.41, 5.74) is -0.277. The maximum absolute atomic E-state index is 14.5. The Morgan fingerprint density at radius 3 is 2.21 bits per heavy atom. The van der Waals surface area contributed by atoms with Crippen LogP contribution in [0.1, 0.15) is 132 Å². The van der Waals surface area contributed by atoms with E-state index >= 15 is 0 Å². The van der Waals surface area contributed by atoms with Gasteiger partial charge in [-0.2, -0.15) is 0 Å². The number of hydrogen-bond donors (Lipinski definition) is 4. The van der Waals surface area contributed by atoms with E-state index in [9.17, 15) is 49.2 Å². The van der Waals surface area contributed by atoms with Crippen molar-refractivity contribution >= 4 is 35.2 Å². The van der Waals surface area contributed by atoms with Crippen LogP contribution in [-0.4, -0.2) is 156 Å². The topological polar surface area (TPSA) is 242 Å². The Morgan fingerprint density at radius 1 is 0.863 bits per heavy atom. The number of piperidine rings is 1. The van der Waals surface area contributed by atoms with Crippen LogP contribution in [0.4, 0.5) is 0 Å². The number of nitrogens with zero attached hydrogens (tertiary/aromatic N) is 1. The number of allylic oxidation sites excluding steroid dienone is 6. The molecule has 2 saturated heterocycles. The number of aliphatic hydroxyl groups is 4. The van der Waals surface area contributed by atoms with Crippen LogP contribution in [0.2, 0.25) is 0 Å². The van der Waals surface area contributed by atoms with E-state index in [2.05, 4.69) is 0 Å². The van der Waals surface area contributed by atoms with Crippen molar-refractivity contribution in [2.24, 2.45) is 40.9 Å². The molecule has 1 saturated carbocycles. The van der Waals surface area contributed by atoms with Crippen molar-refractivity contribution in [3.05, 3.63) is 47.6 Å². The van der Waals surface area contributed by atoms with Crippen molar-refractivity contribution in [1.29, 1.82) is 0 Å². The molecule has 4 rings (SSSR count). The second-order valence-corrected chi connectivity index (χ2v) is 21.8. The van der Waals surface area contributed by atoms with Gasteiger partial charge in [0.1, 0.15) is 41.7 Å². The molecule has 0 spiro atoms. The van der Waals surface area contributed by atoms with Crippen LogP contribution < -0.4 is 0 Å². The average molecular weight is 1030 g/mol. The highest BCUT2D eigenvalue weighted by atomic mass is 16.6. The van der Waals surface area contributed by atoms with Crippen molar-refractivity contribution < 1.29 is 77.6 Å². The molecule has 2 bridgehead atoms. The van der Waals surface area contributed by atoms with Crippen molar-refractivity contribution in [3.63, 3.8) is 0 Å².